The summed E-state index contributed by atoms with van der Waals surface area (Å²) >= 11 is 5.77. The van der Waals surface area contributed by atoms with Crippen LogP contribution in [0.25, 0.3) is 0 Å². The Labute approximate surface area is 122 Å². The number of nitrogens with one attached hydrogen (secondary N) is 1. The van der Waals surface area contributed by atoms with Crippen LogP contribution in [0.15, 0.2) is 18.2 Å². The van der Waals surface area contributed by atoms with E-state index in [0.717, 1.165) is 31.7 Å². The molecule has 0 fully saturated rings. The molecule has 0 radical (unpaired) electrons. The predicted molar refractivity (Wildman–Crippen MR) is 75.5 cm³/mol. The summed E-state index contributed by atoms with van der Waals surface area (Å²) in [7, 11) is 0. The lowest BCUT2D eigenvalue weighted by molar-refractivity contribution is -0.123. The van der Waals surface area contributed by atoms with Gasteiger partial charge >= 0.3 is 0 Å². The summed E-state index contributed by atoms with van der Waals surface area (Å²) in [5.74, 6) is -0.409. The van der Waals surface area contributed by atoms with Crippen molar-refractivity contribution in [3.05, 3.63) is 29.0 Å². The van der Waals surface area contributed by atoms with Gasteiger partial charge < -0.3 is 15.2 Å². The van der Waals surface area contributed by atoms with Crippen LogP contribution in [0, 0.1) is 5.82 Å². The fraction of sp³-hybridized carbons (Fsp3) is 0.500. The monoisotopic (exact) mass is 303 g/mol. The summed E-state index contributed by atoms with van der Waals surface area (Å²) in [5.41, 5.74) is 0. The Bertz CT molecular complexity index is 429. The van der Waals surface area contributed by atoms with E-state index in [4.69, 9.17) is 21.4 Å². The van der Waals surface area contributed by atoms with Crippen molar-refractivity contribution in [1.29, 1.82) is 0 Å². The molecule has 0 spiro atoms. The summed E-state index contributed by atoms with van der Waals surface area (Å²) in [6.07, 6.45) is 3.57. The van der Waals surface area contributed by atoms with E-state index in [-0.39, 0.29) is 29.9 Å². The molecule has 0 aromatic heterocycles. The van der Waals surface area contributed by atoms with E-state index in [9.17, 15) is 9.18 Å². The van der Waals surface area contributed by atoms with E-state index in [1.807, 2.05) is 0 Å². The number of benzene rings is 1. The molecule has 0 saturated heterocycles. The van der Waals surface area contributed by atoms with E-state index < -0.39 is 5.82 Å². The van der Waals surface area contributed by atoms with Gasteiger partial charge in [-0.25, -0.2) is 4.39 Å². The van der Waals surface area contributed by atoms with Gasteiger partial charge in [-0.15, -0.1) is 0 Å². The molecule has 0 bridgehead atoms. The van der Waals surface area contributed by atoms with Crippen LogP contribution < -0.4 is 10.1 Å². The Morgan fingerprint density at radius 3 is 2.75 bits per heavy atom. The second-order valence-corrected chi connectivity index (χ2v) is 4.76. The second kappa shape index (κ2) is 9.55. The number of amides is 1. The van der Waals surface area contributed by atoms with Crippen LogP contribution in [-0.4, -0.2) is 30.8 Å². The maximum absolute atomic E-state index is 12.8. The predicted octanol–water partition coefficient (Wildman–Crippen LogP) is 2.53. The highest BCUT2D eigenvalue weighted by Crippen LogP contribution is 2.24. The number of halogens is 2. The van der Waals surface area contributed by atoms with Gasteiger partial charge in [-0.3, -0.25) is 4.79 Å². The average molecular weight is 304 g/mol. The van der Waals surface area contributed by atoms with Gasteiger partial charge in [-0.2, -0.15) is 0 Å². The van der Waals surface area contributed by atoms with E-state index in [2.05, 4.69) is 5.32 Å². The lowest BCUT2D eigenvalue weighted by atomic mass is 10.2. The van der Waals surface area contributed by atoms with Gasteiger partial charge in [0.1, 0.15) is 11.6 Å². The van der Waals surface area contributed by atoms with Crippen molar-refractivity contribution in [1.82, 2.24) is 5.32 Å². The number of aliphatic hydroxyl groups excluding tert-OH is 1. The standard InChI is InChI=1S/C14H19ClFNO3/c15-12-9-11(16)5-6-13(12)20-10-14(19)17-7-3-1-2-4-8-18/h5-6,9,18H,1-4,7-8,10H2,(H,17,19). The highest BCUT2D eigenvalue weighted by molar-refractivity contribution is 6.32. The zero-order valence-electron chi connectivity index (χ0n) is 11.2. The summed E-state index contributed by atoms with van der Waals surface area (Å²) in [4.78, 5) is 11.5. The number of hydrogen-bond acceptors (Lipinski definition) is 3. The van der Waals surface area contributed by atoms with Crippen LogP contribution in [0.1, 0.15) is 25.7 Å². The number of unbranched alkanes of at least 4 members (excludes halogenated alkanes) is 3. The van der Waals surface area contributed by atoms with E-state index in [1.165, 1.54) is 12.1 Å². The normalized spacial score (nSPS) is 10.3. The lowest BCUT2D eigenvalue weighted by Crippen LogP contribution is -2.29. The molecule has 20 heavy (non-hydrogen) atoms. The molecule has 1 aromatic carbocycles. The van der Waals surface area contributed by atoms with Gasteiger partial charge in [0, 0.05) is 13.2 Å². The highest BCUT2D eigenvalue weighted by Gasteiger charge is 2.06. The summed E-state index contributed by atoms with van der Waals surface area (Å²) in [5, 5.41) is 11.5. The number of carbonyl (C=O) groups excluding carboxylic acids is 1. The first kappa shape index (κ1) is 16.7. The first-order valence-corrected chi connectivity index (χ1v) is 6.96. The molecule has 4 nitrogen and oxygen atoms in total. The molecule has 6 heteroatoms. The van der Waals surface area contributed by atoms with Crippen molar-refractivity contribution >= 4 is 17.5 Å². The lowest BCUT2D eigenvalue weighted by Gasteiger charge is -2.08. The third-order valence-corrected chi connectivity index (χ3v) is 2.96. The molecule has 0 unspecified atom stereocenters. The largest absolute Gasteiger partial charge is 0.482 e. The van der Waals surface area contributed by atoms with Crippen LogP contribution in [0.5, 0.6) is 5.75 Å². The first-order chi connectivity index (χ1) is 9.63. The zero-order chi connectivity index (χ0) is 14.8. The Morgan fingerprint density at radius 2 is 2.05 bits per heavy atom. The molecule has 0 heterocycles. The number of carbonyl (C=O) groups is 1. The molecule has 0 aliphatic rings. The van der Waals surface area contributed by atoms with Crippen LogP contribution >= 0.6 is 11.6 Å². The number of aliphatic hydroxyl groups is 1. The van der Waals surface area contributed by atoms with Gasteiger partial charge in [0.2, 0.25) is 0 Å². The van der Waals surface area contributed by atoms with Crippen LogP contribution in [-0.2, 0) is 4.79 Å². The van der Waals surface area contributed by atoms with E-state index in [1.54, 1.807) is 0 Å². The Morgan fingerprint density at radius 1 is 1.30 bits per heavy atom. The molecule has 0 aliphatic heterocycles. The molecular formula is C14H19ClFNO3. The molecule has 1 amide bonds. The Kier molecular flexibility index (Phi) is 7.99. The molecule has 2 N–H and O–H groups in total. The molecule has 0 atom stereocenters. The van der Waals surface area contributed by atoms with Gasteiger partial charge in [-0.05, 0) is 31.0 Å². The summed E-state index contributed by atoms with van der Waals surface area (Å²) in [6, 6.07) is 3.75. The minimum absolute atomic E-state index is 0.141. The molecular weight excluding hydrogens is 285 g/mol. The van der Waals surface area contributed by atoms with E-state index in [0.29, 0.717) is 6.54 Å². The fourth-order valence-electron chi connectivity index (χ4n) is 1.60. The molecule has 112 valence electrons. The molecule has 0 saturated carbocycles. The zero-order valence-corrected chi connectivity index (χ0v) is 12.0. The van der Waals surface area contributed by atoms with Crippen molar-refractivity contribution in [3.8, 4) is 5.75 Å². The van der Waals surface area contributed by atoms with Gasteiger partial charge in [0.15, 0.2) is 6.61 Å². The molecule has 1 rings (SSSR count). The maximum atomic E-state index is 12.8. The Balaban J connectivity index is 2.16. The third kappa shape index (κ3) is 6.73. The highest BCUT2D eigenvalue weighted by atomic mass is 35.5. The van der Waals surface area contributed by atoms with Gasteiger partial charge in [-0.1, -0.05) is 24.4 Å². The van der Waals surface area contributed by atoms with Crippen molar-refractivity contribution in [3.63, 3.8) is 0 Å². The van der Waals surface area contributed by atoms with E-state index >= 15 is 0 Å². The van der Waals surface area contributed by atoms with Crippen molar-refractivity contribution in [2.24, 2.45) is 0 Å². The summed E-state index contributed by atoms with van der Waals surface area (Å²) < 4.78 is 18.0. The second-order valence-electron chi connectivity index (χ2n) is 4.35. The quantitative estimate of drug-likeness (QED) is 0.689. The van der Waals surface area contributed by atoms with Crippen LogP contribution in [0.4, 0.5) is 4.39 Å². The third-order valence-electron chi connectivity index (χ3n) is 2.66. The van der Waals surface area contributed by atoms with Crippen LogP contribution in [0.2, 0.25) is 5.02 Å². The van der Waals surface area contributed by atoms with Gasteiger partial charge in [0.25, 0.3) is 5.91 Å². The Hall–Kier alpha value is -1.33. The summed E-state index contributed by atoms with van der Waals surface area (Å²) in [6.45, 7) is 0.630. The van der Waals surface area contributed by atoms with Crippen molar-refractivity contribution < 1.29 is 19.0 Å². The maximum Gasteiger partial charge on any atom is 0.257 e. The number of hydrogen-bond donors (Lipinski definition) is 2. The minimum atomic E-state index is -0.449. The average Bonchev–Trinajstić information content (AvgIpc) is 2.41. The number of rotatable bonds is 9. The van der Waals surface area contributed by atoms with Crippen molar-refractivity contribution in [2.45, 2.75) is 25.7 Å². The first-order valence-electron chi connectivity index (χ1n) is 6.59. The smallest absolute Gasteiger partial charge is 0.257 e. The van der Waals surface area contributed by atoms with Crippen LogP contribution in [0.3, 0.4) is 0 Å². The van der Waals surface area contributed by atoms with Gasteiger partial charge in [0.05, 0.1) is 5.02 Å². The topological polar surface area (TPSA) is 58.6 Å². The minimum Gasteiger partial charge on any atom is -0.482 e. The van der Waals surface area contributed by atoms with Crippen molar-refractivity contribution in [2.75, 3.05) is 19.8 Å². The SMILES string of the molecule is O=C(COc1ccc(F)cc1Cl)NCCCCCCO. The fourth-order valence-corrected chi connectivity index (χ4v) is 1.83. The molecule has 1 aromatic rings. The number of ether oxygens (including phenoxy) is 1. The molecule has 0 aliphatic carbocycles.